The molecule has 1 saturated carbocycles. The zero-order chi connectivity index (χ0) is 13.1. The highest BCUT2D eigenvalue weighted by molar-refractivity contribution is 5.79. The number of carbonyl (C=O) groups excluding carboxylic acids is 1. The Morgan fingerprint density at radius 1 is 1.44 bits per heavy atom. The number of aliphatic hydroxyl groups is 1. The van der Waals surface area contributed by atoms with E-state index in [1.807, 2.05) is 31.2 Å². The van der Waals surface area contributed by atoms with E-state index in [0.29, 0.717) is 19.4 Å². The molecule has 0 spiro atoms. The van der Waals surface area contributed by atoms with Gasteiger partial charge in [0.05, 0.1) is 6.10 Å². The van der Waals surface area contributed by atoms with Crippen molar-refractivity contribution in [3.63, 3.8) is 0 Å². The fraction of sp³-hybridized carbons (Fsp3) is 0.500. The third-order valence-electron chi connectivity index (χ3n) is 3.66. The Bertz CT molecular complexity index is 424. The number of aliphatic hydroxyl groups excluding tert-OH is 1. The fourth-order valence-corrected chi connectivity index (χ4v) is 2.40. The Balaban J connectivity index is 1.88. The molecule has 0 aromatic heterocycles. The van der Waals surface area contributed by atoms with Gasteiger partial charge in [0.2, 0.25) is 5.91 Å². The molecule has 1 amide bonds. The van der Waals surface area contributed by atoms with Gasteiger partial charge in [0, 0.05) is 18.5 Å². The SMILES string of the molecule is Cc1ccccc1CNC(=O)[C@H]1C[C@H](N)[C@@H](O)C1. The first-order chi connectivity index (χ1) is 8.58. The second-order valence-corrected chi connectivity index (χ2v) is 5.04. The van der Waals surface area contributed by atoms with Crippen LogP contribution < -0.4 is 11.1 Å². The van der Waals surface area contributed by atoms with E-state index in [4.69, 9.17) is 5.73 Å². The number of hydrogen-bond donors (Lipinski definition) is 3. The second kappa shape index (κ2) is 5.50. The summed E-state index contributed by atoms with van der Waals surface area (Å²) in [6.45, 7) is 2.56. The number of nitrogens with one attached hydrogen (secondary N) is 1. The Morgan fingerprint density at radius 2 is 2.17 bits per heavy atom. The van der Waals surface area contributed by atoms with Gasteiger partial charge in [-0.2, -0.15) is 0 Å². The van der Waals surface area contributed by atoms with Crippen LogP contribution in [-0.2, 0) is 11.3 Å². The van der Waals surface area contributed by atoms with Gasteiger partial charge in [-0.1, -0.05) is 24.3 Å². The molecule has 1 aromatic carbocycles. The lowest BCUT2D eigenvalue weighted by molar-refractivity contribution is -0.125. The quantitative estimate of drug-likeness (QED) is 0.737. The van der Waals surface area contributed by atoms with Crippen molar-refractivity contribution in [1.29, 1.82) is 0 Å². The van der Waals surface area contributed by atoms with Crippen molar-refractivity contribution in [3.8, 4) is 0 Å². The number of nitrogens with two attached hydrogens (primary N) is 1. The number of carbonyl (C=O) groups is 1. The first-order valence-electron chi connectivity index (χ1n) is 6.34. The van der Waals surface area contributed by atoms with E-state index in [1.54, 1.807) is 0 Å². The minimum Gasteiger partial charge on any atom is -0.391 e. The van der Waals surface area contributed by atoms with Gasteiger partial charge in [-0.05, 0) is 30.9 Å². The summed E-state index contributed by atoms with van der Waals surface area (Å²) in [5.74, 6) is -0.163. The summed E-state index contributed by atoms with van der Waals surface area (Å²) in [5, 5.41) is 12.5. The Kier molecular flexibility index (Phi) is 3.99. The molecule has 0 aliphatic heterocycles. The van der Waals surface area contributed by atoms with Gasteiger partial charge in [0.15, 0.2) is 0 Å². The van der Waals surface area contributed by atoms with Crippen LogP contribution in [0, 0.1) is 12.8 Å². The normalized spacial score (nSPS) is 27.2. The smallest absolute Gasteiger partial charge is 0.223 e. The van der Waals surface area contributed by atoms with Gasteiger partial charge in [0.25, 0.3) is 0 Å². The zero-order valence-corrected chi connectivity index (χ0v) is 10.6. The molecule has 1 aliphatic carbocycles. The predicted molar refractivity (Wildman–Crippen MR) is 69.7 cm³/mol. The molecular weight excluding hydrogens is 228 g/mol. The van der Waals surface area contributed by atoms with Crippen molar-refractivity contribution in [2.45, 2.75) is 38.5 Å². The van der Waals surface area contributed by atoms with E-state index in [2.05, 4.69) is 5.32 Å². The largest absolute Gasteiger partial charge is 0.391 e. The molecule has 0 radical (unpaired) electrons. The minimum absolute atomic E-state index is 0.00902. The molecule has 0 bridgehead atoms. The summed E-state index contributed by atoms with van der Waals surface area (Å²) in [4.78, 5) is 11.9. The Labute approximate surface area is 107 Å². The van der Waals surface area contributed by atoms with Crippen LogP contribution in [-0.4, -0.2) is 23.2 Å². The molecule has 4 heteroatoms. The van der Waals surface area contributed by atoms with E-state index < -0.39 is 6.10 Å². The Morgan fingerprint density at radius 3 is 2.78 bits per heavy atom. The summed E-state index contributed by atoms with van der Waals surface area (Å²) < 4.78 is 0. The van der Waals surface area contributed by atoms with Crippen molar-refractivity contribution in [2.75, 3.05) is 0 Å². The van der Waals surface area contributed by atoms with Gasteiger partial charge in [-0.3, -0.25) is 4.79 Å². The summed E-state index contributed by atoms with van der Waals surface area (Å²) in [5.41, 5.74) is 7.99. The molecule has 1 aliphatic rings. The fourth-order valence-electron chi connectivity index (χ4n) is 2.40. The zero-order valence-electron chi connectivity index (χ0n) is 10.6. The molecule has 98 valence electrons. The second-order valence-electron chi connectivity index (χ2n) is 5.04. The summed E-state index contributed by atoms with van der Waals surface area (Å²) in [7, 11) is 0. The van der Waals surface area contributed by atoms with Crippen LogP contribution >= 0.6 is 0 Å². The molecule has 0 saturated heterocycles. The molecule has 0 heterocycles. The van der Waals surface area contributed by atoms with E-state index in [9.17, 15) is 9.90 Å². The van der Waals surface area contributed by atoms with Crippen molar-refractivity contribution in [3.05, 3.63) is 35.4 Å². The van der Waals surface area contributed by atoms with Gasteiger partial charge in [-0.15, -0.1) is 0 Å². The lowest BCUT2D eigenvalue weighted by Gasteiger charge is -2.11. The predicted octanol–water partition coefficient (Wildman–Crippen LogP) is 0.709. The van der Waals surface area contributed by atoms with E-state index in [1.165, 1.54) is 5.56 Å². The monoisotopic (exact) mass is 248 g/mol. The molecule has 4 nitrogen and oxygen atoms in total. The average Bonchev–Trinajstić information content (AvgIpc) is 2.68. The first-order valence-corrected chi connectivity index (χ1v) is 6.34. The maximum absolute atomic E-state index is 11.9. The van der Waals surface area contributed by atoms with Crippen molar-refractivity contribution < 1.29 is 9.90 Å². The molecule has 4 N–H and O–H groups in total. The Hall–Kier alpha value is -1.39. The van der Waals surface area contributed by atoms with E-state index in [0.717, 1.165) is 5.56 Å². The average molecular weight is 248 g/mol. The van der Waals surface area contributed by atoms with Crippen LogP contribution in [0.5, 0.6) is 0 Å². The van der Waals surface area contributed by atoms with Gasteiger partial charge >= 0.3 is 0 Å². The van der Waals surface area contributed by atoms with E-state index in [-0.39, 0.29) is 17.9 Å². The summed E-state index contributed by atoms with van der Waals surface area (Å²) >= 11 is 0. The number of aryl methyl sites for hydroxylation is 1. The number of amides is 1. The van der Waals surface area contributed by atoms with Crippen LogP contribution in [0.25, 0.3) is 0 Å². The number of rotatable bonds is 3. The number of benzene rings is 1. The van der Waals surface area contributed by atoms with Gasteiger partial charge < -0.3 is 16.2 Å². The molecule has 18 heavy (non-hydrogen) atoms. The standard InChI is InChI=1S/C14H20N2O2/c1-9-4-2-3-5-10(9)8-16-14(18)11-6-12(15)13(17)7-11/h2-5,11-13,17H,6-8,15H2,1H3,(H,16,18)/t11-,12-,13-/m0/s1. The van der Waals surface area contributed by atoms with Crippen molar-refractivity contribution in [2.24, 2.45) is 11.7 Å². The van der Waals surface area contributed by atoms with Crippen LogP contribution in [0.2, 0.25) is 0 Å². The minimum atomic E-state index is -0.542. The van der Waals surface area contributed by atoms with Crippen LogP contribution in [0.15, 0.2) is 24.3 Å². The molecule has 0 unspecified atom stereocenters. The topological polar surface area (TPSA) is 75.4 Å². The summed E-state index contributed by atoms with van der Waals surface area (Å²) in [6, 6.07) is 7.71. The van der Waals surface area contributed by atoms with E-state index >= 15 is 0 Å². The van der Waals surface area contributed by atoms with Crippen LogP contribution in [0.4, 0.5) is 0 Å². The highest BCUT2D eigenvalue weighted by atomic mass is 16.3. The highest BCUT2D eigenvalue weighted by Crippen LogP contribution is 2.24. The lowest BCUT2D eigenvalue weighted by atomic mass is 10.1. The molecular formula is C14H20N2O2. The van der Waals surface area contributed by atoms with Gasteiger partial charge in [-0.25, -0.2) is 0 Å². The third kappa shape index (κ3) is 2.89. The number of hydrogen-bond acceptors (Lipinski definition) is 3. The maximum atomic E-state index is 11.9. The molecule has 2 rings (SSSR count). The molecule has 1 fully saturated rings. The van der Waals surface area contributed by atoms with Crippen LogP contribution in [0.1, 0.15) is 24.0 Å². The molecule has 1 aromatic rings. The molecule has 3 atom stereocenters. The van der Waals surface area contributed by atoms with Crippen molar-refractivity contribution >= 4 is 5.91 Å². The summed E-state index contributed by atoms with van der Waals surface area (Å²) in [6.07, 6.45) is 0.501. The van der Waals surface area contributed by atoms with Crippen LogP contribution in [0.3, 0.4) is 0 Å². The van der Waals surface area contributed by atoms with Crippen molar-refractivity contribution in [1.82, 2.24) is 5.32 Å². The van der Waals surface area contributed by atoms with Gasteiger partial charge in [0.1, 0.15) is 0 Å². The highest BCUT2D eigenvalue weighted by Gasteiger charge is 2.34. The first kappa shape index (κ1) is 13.1. The third-order valence-corrected chi connectivity index (χ3v) is 3.66. The lowest BCUT2D eigenvalue weighted by Crippen LogP contribution is -2.30. The maximum Gasteiger partial charge on any atom is 0.223 e.